The predicted molar refractivity (Wildman–Crippen MR) is 65.1 cm³/mol. The van der Waals surface area contributed by atoms with Gasteiger partial charge in [0.05, 0.1) is 11.1 Å². The van der Waals surface area contributed by atoms with Gasteiger partial charge in [-0.05, 0) is 25.0 Å². The van der Waals surface area contributed by atoms with Crippen molar-refractivity contribution in [2.24, 2.45) is 11.1 Å². The van der Waals surface area contributed by atoms with Crippen molar-refractivity contribution in [3.8, 4) is 0 Å². The van der Waals surface area contributed by atoms with Crippen LogP contribution in [0.2, 0.25) is 0 Å². The first-order valence-electron chi connectivity index (χ1n) is 5.93. The Labute approximate surface area is 105 Å². The highest BCUT2D eigenvalue weighted by Crippen LogP contribution is 2.42. The third-order valence-electron chi connectivity index (χ3n) is 3.73. The summed E-state index contributed by atoms with van der Waals surface area (Å²) >= 11 is 0. The van der Waals surface area contributed by atoms with E-state index in [-0.39, 0.29) is 18.1 Å². The predicted octanol–water partition coefficient (Wildman–Crippen LogP) is 2.06. The van der Waals surface area contributed by atoms with Gasteiger partial charge in [-0.1, -0.05) is 6.42 Å². The molecule has 98 valence electrons. The van der Waals surface area contributed by atoms with E-state index in [2.05, 4.69) is 0 Å². The van der Waals surface area contributed by atoms with Gasteiger partial charge in [0.1, 0.15) is 11.6 Å². The van der Waals surface area contributed by atoms with E-state index in [1.165, 1.54) is 18.0 Å². The van der Waals surface area contributed by atoms with Crippen LogP contribution in [0.5, 0.6) is 0 Å². The molecule has 2 rings (SSSR count). The van der Waals surface area contributed by atoms with Crippen molar-refractivity contribution in [1.82, 2.24) is 0 Å². The van der Waals surface area contributed by atoms with Crippen molar-refractivity contribution in [1.29, 1.82) is 0 Å². The van der Waals surface area contributed by atoms with E-state index in [0.717, 1.165) is 31.4 Å². The van der Waals surface area contributed by atoms with Crippen LogP contribution < -0.4 is 10.6 Å². The highest BCUT2D eigenvalue weighted by molar-refractivity contribution is 5.98. The summed E-state index contributed by atoms with van der Waals surface area (Å²) in [4.78, 5) is 13.5. The number of rotatable bonds is 3. The van der Waals surface area contributed by atoms with E-state index < -0.39 is 17.0 Å². The van der Waals surface area contributed by atoms with E-state index >= 15 is 0 Å². The number of carbonyl (C=O) groups excluding carboxylic acids is 1. The minimum Gasteiger partial charge on any atom is -0.329 e. The van der Waals surface area contributed by atoms with Crippen molar-refractivity contribution in [2.45, 2.75) is 19.3 Å². The summed E-state index contributed by atoms with van der Waals surface area (Å²) in [5.74, 6) is -1.59. The molecule has 0 saturated heterocycles. The minimum absolute atomic E-state index is 0.0844. The second kappa shape index (κ2) is 4.65. The lowest BCUT2D eigenvalue weighted by Crippen LogP contribution is -2.51. The quantitative estimate of drug-likeness (QED) is 0.897. The van der Waals surface area contributed by atoms with Gasteiger partial charge in [0, 0.05) is 19.7 Å². The van der Waals surface area contributed by atoms with Crippen LogP contribution in [0.3, 0.4) is 0 Å². The first kappa shape index (κ1) is 13.0. The van der Waals surface area contributed by atoms with Crippen LogP contribution >= 0.6 is 0 Å². The highest BCUT2D eigenvalue weighted by atomic mass is 19.1. The third kappa shape index (κ3) is 1.99. The van der Waals surface area contributed by atoms with E-state index in [9.17, 15) is 13.6 Å². The second-order valence-electron chi connectivity index (χ2n) is 4.80. The molecule has 0 unspecified atom stereocenters. The Kier molecular flexibility index (Phi) is 3.34. The van der Waals surface area contributed by atoms with Crippen molar-refractivity contribution in [3.63, 3.8) is 0 Å². The number of carbonyl (C=O) groups is 1. The molecule has 1 aromatic carbocycles. The monoisotopic (exact) mass is 254 g/mol. The maximum Gasteiger partial charge on any atom is 0.234 e. The molecule has 0 spiro atoms. The SMILES string of the molecule is CN(C(=O)C1(CN)CCC1)c1ccc(F)cc1F. The van der Waals surface area contributed by atoms with Crippen LogP contribution in [0.4, 0.5) is 14.5 Å². The van der Waals surface area contributed by atoms with Crippen molar-refractivity contribution in [3.05, 3.63) is 29.8 Å². The average Bonchev–Trinajstić information content (AvgIpc) is 2.27. The van der Waals surface area contributed by atoms with Gasteiger partial charge in [0.2, 0.25) is 5.91 Å². The highest BCUT2D eigenvalue weighted by Gasteiger charge is 2.44. The first-order valence-corrected chi connectivity index (χ1v) is 5.93. The Morgan fingerprint density at radius 1 is 1.44 bits per heavy atom. The Morgan fingerprint density at radius 2 is 2.11 bits per heavy atom. The van der Waals surface area contributed by atoms with Gasteiger partial charge in [-0.25, -0.2) is 8.78 Å². The standard InChI is InChI=1S/C13H16F2N2O/c1-17(11-4-3-9(14)7-10(11)15)12(18)13(8-16)5-2-6-13/h3-4,7H,2,5-6,8,16H2,1H3. The molecule has 1 amide bonds. The molecule has 0 aromatic heterocycles. The zero-order valence-electron chi connectivity index (χ0n) is 10.2. The van der Waals surface area contributed by atoms with E-state index in [1.54, 1.807) is 0 Å². The van der Waals surface area contributed by atoms with Crippen LogP contribution in [0.25, 0.3) is 0 Å². The number of halogens is 2. The van der Waals surface area contributed by atoms with Crippen LogP contribution in [0.1, 0.15) is 19.3 Å². The molecule has 1 aliphatic carbocycles. The average molecular weight is 254 g/mol. The summed E-state index contributed by atoms with van der Waals surface area (Å²) in [5.41, 5.74) is 5.17. The van der Waals surface area contributed by atoms with E-state index in [4.69, 9.17) is 5.73 Å². The molecule has 18 heavy (non-hydrogen) atoms. The Bertz CT molecular complexity index is 467. The molecule has 1 fully saturated rings. The largest absolute Gasteiger partial charge is 0.329 e. The Morgan fingerprint density at radius 3 is 2.56 bits per heavy atom. The Balaban J connectivity index is 2.25. The molecule has 1 saturated carbocycles. The molecule has 0 atom stereocenters. The number of nitrogens with zero attached hydrogens (tertiary/aromatic N) is 1. The molecule has 0 aliphatic heterocycles. The van der Waals surface area contributed by atoms with E-state index in [1.807, 2.05) is 0 Å². The fraction of sp³-hybridized carbons (Fsp3) is 0.462. The molecule has 0 heterocycles. The summed E-state index contributed by atoms with van der Waals surface area (Å²) in [5, 5.41) is 0. The molecule has 0 bridgehead atoms. The third-order valence-corrected chi connectivity index (χ3v) is 3.73. The van der Waals surface area contributed by atoms with Crippen molar-refractivity contribution < 1.29 is 13.6 Å². The Hall–Kier alpha value is -1.49. The number of hydrogen-bond donors (Lipinski definition) is 1. The van der Waals surface area contributed by atoms with Crippen LogP contribution in [-0.4, -0.2) is 19.5 Å². The summed E-state index contributed by atoms with van der Waals surface area (Å²) in [6.07, 6.45) is 2.42. The molecular formula is C13H16F2N2O. The number of benzene rings is 1. The smallest absolute Gasteiger partial charge is 0.234 e. The van der Waals surface area contributed by atoms with Crippen LogP contribution in [0.15, 0.2) is 18.2 Å². The molecule has 0 radical (unpaired) electrons. The van der Waals surface area contributed by atoms with Crippen molar-refractivity contribution >= 4 is 11.6 Å². The van der Waals surface area contributed by atoms with Gasteiger partial charge in [-0.3, -0.25) is 4.79 Å². The lowest BCUT2D eigenvalue weighted by Gasteiger charge is -2.41. The van der Waals surface area contributed by atoms with Gasteiger partial charge >= 0.3 is 0 Å². The lowest BCUT2D eigenvalue weighted by molar-refractivity contribution is -0.132. The zero-order valence-corrected chi connectivity index (χ0v) is 10.2. The van der Waals surface area contributed by atoms with Crippen molar-refractivity contribution in [2.75, 3.05) is 18.5 Å². The lowest BCUT2D eigenvalue weighted by atomic mass is 9.68. The molecule has 3 nitrogen and oxygen atoms in total. The van der Waals surface area contributed by atoms with Crippen LogP contribution in [0, 0.1) is 17.0 Å². The summed E-state index contributed by atoms with van der Waals surface area (Å²) in [7, 11) is 1.49. The topological polar surface area (TPSA) is 46.3 Å². The van der Waals surface area contributed by atoms with Crippen LogP contribution in [-0.2, 0) is 4.79 Å². The number of anilines is 1. The van der Waals surface area contributed by atoms with Gasteiger partial charge < -0.3 is 10.6 Å². The second-order valence-corrected chi connectivity index (χ2v) is 4.80. The fourth-order valence-electron chi connectivity index (χ4n) is 2.33. The number of nitrogens with two attached hydrogens (primary N) is 1. The molecule has 5 heteroatoms. The molecule has 1 aliphatic rings. The summed E-state index contributed by atoms with van der Waals surface area (Å²) in [6, 6.07) is 3.18. The maximum absolute atomic E-state index is 13.6. The maximum atomic E-state index is 13.6. The normalized spacial score (nSPS) is 17.1. The molecule has 2 N–H and O–H groups in total. The van der Waals surface area contributed by atoms with Gasteiger partial charge in [0.25, 0.3) is 0 Å². The van der Waals surface area contributed by atoms with Gasteiger partial charge in [-0.2, -0.15) is 0 Å². The zero-order chi connectivity index (χ0) is 13.3. The number of amides is 1. The summed E-state index contributed by atoms with van der Waals surface area (Å²) in [6.45, 7) is 0.263. The van der Waals surface area contributed by atoms with Gasteiger partial charge in [0.15, 0.2) is 0 Å². The van der Waals surface area contributed by atoms with Gasteiger partial charge in [-0.15, -0.1) is 0 Å². The first-order chi connectivity index (χ1) is 8.50. The minimum atomic E-state index is -0.739. The molecule has 1 aromatic rings. The number of hydrogen-bond acceptors (Lipinski definition) is 2. The molecular weight excluding hydrogens is 238 g/mol. The van der Waals surface area contributed by atoms with E-state index in [0.29, 0.717) is 0 Å². The fourth-order valence-corrected chi connectivity index (χ4v) is 2.33. The summed E-state index contributed by atoms with van der Waals surface area (Å²) < 4.78 is 26.4.